The Morgan fingerprint density at radius 1 is 1.03 bits per heavy atom. The van der Waals surface area contributed by atoms with Gasteiger partial charge in [-0.3, -0.25) is 4.68 Å². The maximum atomic E-state index is 5.17. The third-order valence-electron chi connectivity index (χ3n) is 5.78. The van der Waals surface area contributed by atoms with E-state index in [0.717, 1.165) is 59.2 Å². The Bertz CT molecular complexity index is 1120. The second-order valence-corrected chi connectivity index (χ2v) is 7.66. The zero-order valence-corrected chi connectivity index (χ0v) is 16.7. The van der Waals surface area contributed by atoms with Crippen LogP contribution in [0.5, 0.6) is 5.88 Å². The summed E-state index contributed by atoms with van der Waals surface area (Å²) in [5.41, 5.74) is 5.13. The summed E-state index contributed by atoms with van der Waals surface area (Å²) in [6.07, 6.45) is 12.1. The van der Waals surface area contributed by atoms with E-state index in [9.17, 15) is 0 Å². The standard InChI is InChI=1S/C22H24N6O/c1-27-7-5-18(6-8-27)28-14-17(12-26-28)16-9-19-20(13-25-22(19)24-11-16)15-3-4-21(29-2)23-10-15/h3-4,9-14,18H,5-8H2,1-2H3,(H,24,25). The summed E-state index contributed by atoms with van der Waals surface area (Å²) in [6.45, 7) is 2.24. The van der Waals surface area contributed by atoms with Crippen LogP contribution in [0.25, 0.3) is 33.3 Å². The summed E-state index contributed by atoms with van der Waals surface area (Å²) in [7, 11) is 3.80. The van der Waals surface area contributed by atoms with Gasteiger partial charge in [0.1, 0.15) is 5.65 Å². The Morgan fingerprint density at radius 3 is 2.62 bits per heavy atom. The van der Waals surface area contributed by atoms with E-state index in [1.54, 1.807) is 7.11 Å². The van der Waals surface area contributed by atoms with E-state index >= 15 is 0 Å². The zero-order valence-electron chi connectivity index (χ0n) is 16.7. The highest BCUT2D eigenvalue weighted by molar-refractivity contribution is 5.95. The molecule has 4 aromatic heterocycles. The first-order chi connectivity index (χ1) is 14.2. The molecule has 7 heteroatoms. The monoisotopic (exact) mass is 388 g/mol. The van der Waals surface area contributed by atoms with Gasteiger partial charge in [-0.2, -0.15) is 5.10 Å². The number of pyridine rings is 2. The third-order valence-corrected chi connectivity index (χ3v) is 5.78. The second-order valence-electron chi connectivity index (χ2n) is 7.66. The average Bonchev–Trinajstić information content (AvgIpc) is 3.41. The number of nitrogens with zero attached hydrogens (tertiary/aromatic N) is 5. The largest absolute Gasteiger partial charge is 0.481 e. The van der Waals surface area contributed by atoms with Gasteiger partial charge in [0, 0.05) is 58.5 Å². The Kier molecular flexibility index (Phi) is 4.52. The quantitative estimate of drug-likeness (QED) is 0.576. The van der Waals surface area contributed by atoms with Crippen molar-refractivity contribution in [3.05, 3.63) is 49.2 Å². The molecule has 5 heterocycles. The number of methoxy groups -OCH3 is 1. The maximum absolute atomic E-state index is 5.17. The number of rotatable bonds is 4. The number of piperidine rings is 1. The summed E-state index contributed by atoms with van der Waals surface area (Å²) in [6, 6.07) is 6.54. The van der Waals surface area contributed by atoms with Gasteiger partial charge in [0.2, 0.25) is 5.88 Å². The van der Waals surface area contributed by atoms with Gasteiger partial charge in [0.25, 0.3) is 0 Å². The molecule has 1 aliphatic rings. The highest BCUT2D eigenvalue weighted by atomic mass is 16.5. The van der Waals surface area contributed by atoms with E-state index in [1.165, 1.54) is 0 Å². The molecule has 0 spiro atoms. The zero-order chi connectivity index (χ0) is 19.8. The summed E-state index contributed by atoms with van der Waals surface area (Å²) >= 11 is 0. The number of ether oxygens (including phenoxy) is 1. The number of hydrogen-bond donors (Lipinski definition) is 1. The van der Waals surface area contributed by atoms with Crippen LogP contribution < -0.4 is 4.74 Å². The molecule has 29 heavy (non-hydrogen) atoms. The fraction of sp³-hybridized carbons (Fsp3) is 0.318. The molecule has 1 saturated heterocycles. The fourth-order valence-electron chi connectivity index (χ4n) is 4.01. The Hall–Kier alpha value is -3.19. The van der Waals surface area contributed by atoms with Crippen LogP contribution in [0.2, 0.25) is 0 Å². The van der Waals surface area contributed by atoms with Crippen molar-refractivity contribution in [2.75, 3.05) is 27.2 Å². The van der Waals surface area contributed by atoms with Crippen molar-refractivity contribution in [1.29, 1.82) is 0 Å². The lowest BCUT2D eigenvalue weighted by Gasteiger charge is -2.28. The number of hydrogen-bond acceptors (Lipinski definition) is 5. The molecule has 0 unspecified atom stereocenters. The minimum absolute atomic E-state index is 0.477. The van der Waals surface area contributed by atoms with Crippen LogP contribution in [0.1, 0.15) is 18.9 Å². The molecule has 0 bridgehead atoms. The lowest BCUT2D eigenvalue weighted by atomic mass is 10.0. The molecule has 0 atom stereocenters. The number of likely N-dealkylation sites (tertiary alicyclic amines) is 1. The van der Waals surface area contributed by atoms with Gasteiger partial charge in [0.15, 0.2) is 0 Å². The Labute approximate surface area is 169 Å². The van der Waals surface area contributed by atoms with Crippen LogP contribution in [0.4, 0.5) is 0 Å². The number of nitrogens with one attached hydrogen (secondary N) is 1. The van der Waals surface area contributed by atoms with Gasteiger partial charge < -0.3 is 14.6 Å². The van der Waals surface area contributed by atoms with E-state index in [1.807, 2.05) is 36.9 Å². The smallest absolute Gasteiger partial charge is 0.212 e. The number of H-pyrrole nitrogens is 1. The molecule has 0 saturated carbocycles. The van der Waals surface area contributed by atoms with Gasteiger partial charge in [-0.1, -0.05) is 0 Å². The van der Waals surface area contributed by atoms with E-state index in [4.69, 9.17) is 4.74 Å². The van der Waals surface area contributed by atoms with Crippen LogP contribution in [0, 0.1) is 0 Å². The summed E-state index contributed by atoms with van der Waals surface area (Å²) in [5, 5.41) is 5.72. The fourth-order valence-corrected chi connectivity index (χ4v) is 4.01. The third kappa shape index (κ3) is 3.38. The average molecular weight is 388 g/mol. The van der Waals surface area contributed by atoms with E-state index in [-0.39, 0.29) is 0 Å². The van der Waals surface area contributed by atoms with Gasteiger partial charge in [0.05, 0.1) is 19.3 Å². The van der Waals surface area contributed by atoms with Crippen molar-refractivity contribution in [1.82, 2.24) is 29.6 Å². The number of aromatic nitrogens is 5. The summed E-state index contributed by atoms with van der Waals surface area (Å²) in [4.78, 5) is 14.6. The van der Waals surface area contributed by atoms with E-state index in [0.29, 0.717) is 11.9 Å². The lowest BCUT2D eigenvalue weighted by molar-refractivity contribution is 0.212. The van der Waals surface area contributed by atoms with Crippen molar-refractivity contribution in [2.24, 2.45) is 0 Å². The highest BCUT2D eigenvalue weighted by Gasteiger charge is 2.19. The molecule has 0 aromatic carbocycles. The molecule has 1 aliphatic heterocycles. The molecule has 5 rings (SSSR count). The van der Waals surface area contributed by atoms with Gasteiger partial charge >= 0.3 is 0 Å². The Morgan fingerprint density at radius 2 is 1.86 bits per heavy atom. The van der Waals surface area contributed by atoms with Crippen molar-refractivity contribution < 1.29 is 4.74 Å². The van der Waals surface area contributed by atoms with Crippen LogP contribution in [-0.4, -0.2) is 56.9 Å². The summed E-state index contributed by atoms with van der Waals surface area (Å²) < 4.78 is 7.29. The van der Waals surface area contributed by atoms with Crippen molar-refractivity contribution in [2.45, 2.75) is 18.9 Å². The van der Waals surface area contributed by atoms with Crippen LogP contribution >= 0.6 is 0 Å². The van der Waals surface area contributed by atoms with Crippen molar-refractivity contribution in [3.8, 4) is 28.1 Å². The summed E-state index contributed by atoms with van der Waals surface area (Å²) in [5.74, 6) is 0.605. The molecule has 7 nitrogen and oxygen atoms in total. The molecule has 0 aliphatic carbocycles. The first kappa shape index (κ1) is 17.9. The van der Waals surface area contributed by atoms with Gasteiger partial charge in [-0.05, 0) is 45.1 Å². The minimum atomic E-state index is 0.477. The topological polar surface area (TPSA) is 71.9 Å². The predicted octanol–water partition coefficient (Wildman–Crippen LogP) is 3.76. The first-order valence-corrected chi connectivity index (χ1v) is 9.92. The highest BCUT2D eigenvalue weighted by Crippen LogP contribution is 2.32. The molecule has 1 fully saturated rings. The maximum Gasteiger partial charge on any atom is 0.212 e. The molecule has 4 aromatic rings. The minimum Gasteiger partial charge on any atom is -0.481 e. The molecule has 1 N–H and O–H groups in total. The number of aromatic amines is 1. The molecular formula is C22H24N6O. The van der Waals surface area contributed by atoms with Crippen molar-refractivity contribution >= 4 is 11.0 Å². The van der Waals surface area contributed by atoms with E-state index < -0.39 is 0 Å². The van der Waals surface area contributed by atoms with Crippen LogP contribution in [0.3, 0.4) is 0 Å². The molecule has 148 valence electrons. The molecule has 0 radical (unpaired) electrons. The van der Waals surface area contributed by atoms with Crippen molar-refractivity contribution in [3.63, 3.8) is 0 Å². The van der Waals surface area contributed by atoms with E-state index in [2.05, 4.69) is 48.9 Å². The predicted molar refractivity (Wildman–Crippen MR) is 113 cm³/mol. The van der Waals surface area contributed by atoms with Gasteiger partial charge in [-0.15, -0.1) is 0 Å². The first-order valence-electron chi connectivity index (χ1n) is 9.92. The SMILES string of the molecule is COc1ccc(-c2c[nH]c3ncc(-c4cnn(C5CCN(C)CC5)c4)cc23)cn1. The second kappa shape index (κ2) is 7.33. The lowest BCUT2D eigenvalue weighted by Crippen LogP contribution is -2.31. The van der Waals surface area contributed by atoms with Crippen LogP contribution in [-0.2, 0) is 0 Å². The molecular weight excluding hydrogens is 364 g/mol. The number of fused-ring (bicyclic) bond motifs is 1. The van der Waals surface area contributed by atoms with Crippen LogP contribution in [0.15, 0.2) is 49.2 Å². The Balaban J connectivity index is 1.47. The van der Waals surface area contributed by atoms with Gasteiger partial charge in [-0.25, -0.2) is 9.97 Å². The normalized spacial score (nSPS) is 15.8. The molecule has 0 amide bonds.